The Balaban J connectivity index is 2.11. The number of pyridine rings is 1. The Labute approximate surface area is 120 Å². The van der Waals surface area contributed by atoms with Crippen LogP contribution < -0.4 is 4.74 Å². The van der Waals surface area contributed by atoms with Crippen LogP contribution in [0.4, 0.5) is 0 Å². The van der Waals surface area contributed by atoms with Crippen LogP contribution in [0.3, 0.4) is 0 Å². The molecule has 20 heavy (non-hydrogen) atoms. The normalized spacial score (nSPS) is 10.4. The van der Waals surface area contributed by atoms with Gasteiger partial charge in [-0.3, -0.25) is 4.98 Å². The molecule has 0 aliphatic rings. The molecule has 0 atom stereocenters. The summed E-state index contributed by atoms with van der Waals surface area (Å²) in [5, 5.41) is 12.5. The van der Waals surface area contributed by atoms with Crippen LogP contribution in [0.15, 0.2) is 48.2 Å². The van der Waals surface area contributed by atoms with Gasteiger partial charge >= 0.3 is 0 Å². The van der Waals surface area contributed by atoms with Gasteiger partial charge in [0.2, 0.25) is 0 Å². The van der Waals surface area contributed by atoms with Crippen molar-refractivity contribution in [2.45, 2.75) is 0 Å². The Morgan fingerprint density at radius 3 is 2.75 bits per heavy atom. The summed E-state index contributed by atoms with van der Waals surface area (Å²) in [6.07, 6.45) is 5.29. The molecule has 2 heterocycles. The first-order valence-corrected chi connectivity index (χ1v) is 6.88. The monoisotopic (exact) mass is 284 g/mol. The smallest absolute Gasteiger partial charge is 0.127 e. The number of hydrogen-bond acceptors (Lipinski definition) is 5. The van der Waals surface area contributed by atoms with Crippen LogP contribution in [0.5, 0.6) is 11.5 Å². The van der Waals surface area contributed by atoms with Crippen molar-refractivity contribution in [1.82, 2.24) is 9.97 Å². The first-order valence-electron chi connectivity index (χ1n) is 6.00. The number of nitrogens with zero attached hydrogens (tertiary/aromatic N) is 2. The predicted octanol–water partition coefficient (Wildman–Crippen LogP) is 3.59. The lowest BCUT2D eigenvalue weighted by Crippen LogP contribution is -1.89. The van der Waals surface area contributed by atoms with Gasteiger partial charge in [-0.25, -0.2) is 4.98 Å². The molecule has 4 nitrogen and oxygen atoms in total. The number of phenolic OH excluding ortho intramolecular Hbond substituents is 1. The second-order valence-corrected chi connectivity index (χ2v) is 5.08. The highest BCUT2D eigenvalue weighted by Crippen LogP contribution is 2.34. The van der Waals surface area contributed by atoms with Crippen molar-refractivity contribution >= 4 is 11.3 Å². The van der Waals surface area contributed by atoms with E-state index in [2.05, 4.69) is 9.97 Å². The van der Waals surface area contributed by atoms with E-state index in [1.807, 2.05) is 11.4 Å². The van der Waals surface area contributed by atoms with Gasteiger partial charge in [0.1, 0.15) is 16.5 Å². The molecule has 3 rings (SSSR count). The van der Waals surface area contributed by atoms with Crippen molar-refractivity contribution in [2.75, 3.05) is 7.11 Å². The van der Waals surface area contributed by atoms with Crippen LogP contribution in [0.1, 0.15) is 0 Å². The van der Waals surface area contributed by atoms with Gasteiger partial charge in [-0.2, -0.15) is 0 Å². The lowest BCUT2D eigenvalue weighted by molar-refractivity contribution is 0.414. The Kier molecular flexibility index (Phi) is 3.35. The summed E-state index contributed by atoms with van der Waals surface area (Å²) in [6.45, 7) is 0. The van der Waals surface area contributed by atoms with Crippen LogP contribution in [0.2, 0.25) is 0 Å². The van der Waals surface area contributed by atoms with E-state index in [1.165, 1.54) is 0 Å². The molecule has 0 amide bonds. The van der Waals surface area contributed by atoms with Gasteiger partial charge in [-0.1, -0.05) is 0 Å². The summed E-state index contributed by atoms with van der Waals surface area (Å²) >= 11 is 1.56. The number of hydrogen-bond donors (Lipinski definition) is 1. The summed E-state index contributed by atoms with van der Waals surface area (Å²) in [5.41, 5.74) is 2.63. The molecule has 3 aromatic rings. The second-order valence-electron chi connectivity index (χ2n) is 4.18. The van der Waals surface area contributed by atoms with Crippen molar-refractivity contribution in [3.63, 3.8) is 0 Å². The maximum absolute atomic E-state index is 9.66. The topological polar surface area (TPSA) is 55.2 Å². The van der Waals surface area contributed by atoms with E-state index < -0.39 is 0 Å². The molecule has 1 aromatic carbocycles. The number of phenols is 1. The Morgan fingerprint density at radius 2 is 2.00 bits per heavy atom. The molecule has 5 heteroatoms. The third-order valence-corrected chi connectivity index (χ3v) is 3.73. The minimum absolute atomic E-state index is 0.195. The Hall–Kier alpha value is -2.40. The standard InChI is InChI=1S/C15H12N2O2S/c1-19-14-3-2-12(18)7-13(14)10-6-11(9-16-8-10)15-17-4-5-20-15/h2-9,18H,1H3. The van der Waals surface area contributed by atoms with Crippen molar-refractivity contribution in [3.05, 3.63) is 48.2 Å². The summed E-state index contributed by atoms with van der Waals surface area (Å²) in [7, 11) is 1.61. The summed E-state index contributed by atoms with van der Waals surface area (Å²) in [5.74, 6) is 0.890. The van der Waals surface area contributed by atoms with E-state index in [-0.39, 0.29) is 5.75 Å². The van der Waals surface area contributed by atoms with Crippen LogP contribution in [0, 0.1) is 0 Å². The van der Waals surface area contributed by atoms with Crippen molar-refractivity contribution in [3.8, 4) is 33.2 Å². The van der Waals surface area contributed by atoms with Crippen molar-refractivity contribution in [1.29, 1.82) is 0 Å². The lowest BCUT2D eigenvalue weighted by Gasteiger charge is -2.09. The Bertz CT molecular complexity index is 726. The van der Waals surface area contributed by atoms with Gasteiger partial charge in [-0.15, -0.1) is 11.3 Å². The minimum atomic E-state index is 0.195. The highest BCUT2D eigenvalue weighted by atomic mass is 32.1. The molecule has 0 radical (unpaired) electrons. The maximum atomic E-state index is 9.66. The van der Waals surface area contributed by atoms with E-state index in [0.717, 1.165) is 21.7 Å². The zero-order chi connectivity index (χ0) is 13.9. The highest BCUT2D eigenvalue weighted by molar-refractivity contribution is 7.13. The molecule has 0 fully saturated rings. The number of ether oxygens (including phenoxy) is 1. The summed E-state index contributed by atoms with van der Waals surface area (Å²) < 4.78 is 5.33. The number of methoxy groups -OCH3 is 1. The average molecular weight is 284 g/mol. The van der Waals surface area contributed by atoms with Crippen molar-refractivity contribution < 1.29 is 9.84 Å². The molecular weight excluding hydrogens is 272 g/mol. The predicted molar refractivity (Wildman–Crippen MR) is 79.0 cm³/mol. The molecule has 0 bridgehead atoms. The SMILES string of the molecule is COc1ccc(O)cc1-c1cncc(-c2nccs2)c1. The van der Waals surface area contributed by atoms with Gasteiger partial charge < -0.3 is 9.84 Å². The molecule has 0 unspecified atom stereocenters. The molecule has 0 aliphatic heterocycles. The van der Waals surface area contributed by atoms with E-state index in [0.29, 0.717) is 5.75 Å². The molecule has 1 N–H and O–H groups in total. The van der Waals surface area contributed by atoms with Gasteiger partial charge in [0.15, 0.2) is 0 Å². The fraction of sp³-hybridized carbons (Fsp3) is 0.0667. The molecule has 0 aliphatic carbocycles. The van der Waals surface area contributed by atoms with Gasteiger partial charge in [0, 0.05) is 40.7 Å². The third-order valence-electron chi connectivity index (χ3n) is 2.91. The zero-order valence-electron chi connectivity index (χ0n) is 10.8. The maximum Gasteiger partial charge on any atom is 0.127 e. The Morgan fingerprint density at radius 1 is 1.15 bits per heavy atom. The van der Waals surface area contributed by atoms with Crippen molar-refractivity contribution in [2.24, 2.45) is 0 Å². The summed E-state index contributed by atoms with van der Waals surface area (Å²) in [4.78, 5) is 8.53. The quantitative estimate of drug-likeness (QED) is 0.798. The van der Waals surface area contributed by atoms with Gasteiger partial charge in [-0.05, 0) is 24.3 Å². The fourth-order valence-corrected chi connectivity index (χ4v) is 2.61. The molecule has 0 saturated carbocycles. The molecule has 100 valence electrons. The van der Waals surface area contributed by atoms with E-state index >= 15 is 0 Å². The first kappa shape index (κ1) is 12.6. The largest absolute Gasteiger partial charge is 0.508 e. The lowest BCUT2D eigenvalue weighted by atomic mass is 10.0. The number of aromatic hydroxyl groups is 1. The number of aromatic nitrogens is 2. The van der Waals surface area contributed by atoms with E-state index in [1.54, 1.807) is 55.2 Å². The van der Waals surface area contributed by atoms with E-state index in [9.17, 15) is 5.11 Å². The molecule has 2 aromatic heterocycles. The van der Waals surface area contributed by atoms with Gasteiger partial charge in [0.25, 0.3) is 0 Å². The average Bonchev–Trinajstić information content (AvgIpc) is 3.01. The number of rotatable bonds is 3. The highest BCUT2D eigenvalue weighted by Gasteiger charge is 2.09. The molecule has 0 saturated heterocycles. The van der Waals surface area contributed by atoms with E-state index in [4.69, 9.17) is 4.74 Å². The van der Waals surface area contributed by atoms with Gasteiger partial charge in [0.05, 0.1) is 7.11 Å². The summed E-state index contributed by atoms with van der Waals surface area (Å²) in [6, 6.07) is 6.99. The number of thiazole rings is 1. The minimum Gasteiger partial charge on any atom is -0.508 e. The third kappa shape index (κ3) is 2.35. The van der Waals surface area contributed by atoms with Crippen LogP contribution in [-0.2, 0) is 0 Å². The zero-order valence-corrected chi connectivity index (χ0v) is 11.6. The van der Waals surface area contributed by atoms with Crippen LogP contribution in [-0.4, -0.2) is 22.2 Å². The second kappa shape index (κ2) is 5.30. The first-order chi connectivity index (χ1) is 9.78. The van der Waals surface area contributed by atoms with Crippen LogP contribution in [0.25, 0.3) is 21.7 Å². The molecule has 0 spiro atoms. The molecular formula is C15H12N2O2S. The number of benzene rings is 1. The van der Waals surface area contributed by atoms with Crippen LogP contribution >= 0.6 is 11.3 Å². The fourth-order valence-electron chi connectivity index (χ4n) is 1.99.